The predicted octanol–water partition coefficient (Wildman–Crippen LogP) is 4.46. The molecule has 0 spiro atoms. The number of pyridine rings is 1. The van der Waals surface area contributed by atoms with Gasteiger partial charge in [-0.2, -0.15) is 0 Å². The van der Waals surface area contributed by atoms with Crippen molar-refractivity contribution in [1.29, 1.82) is 0 Å². The zero-order valence-corrected chi connectivity index (χ0v) is 18.9. The molecule has 1 N–H and O–H groups in total. The van der Waals surface area contributed by atoms with Gasteiger partial charge in [-0.1, -0.05) is 23.8 Å². The van der Waals surface area contributed by atoms with Crippen molar-refractivity contribution in [1.82, 2.24) is 25.3 Å². The Morgan fingerprint density at radius 1 is 1.21 bits per heavy atom. The van der Waals surface area contributed by atoms with E-state index in [4.69, 9.17) is 9.47 Å². The summed E-state index contributed by atoms with van der Waals surface area (Å²) in [4.78, 5) is 16.8. The van der Waals surface area contributed by atoms with E-state index in [0.29, 0.717) is 22.6 Å². The summed E-state index contributed by atoms with van der Waals surface area (Å²) in [6.45, 7) is 2.05. The summed E-state index contributed by atoms with van der Waals surface area (Å²) in [5, 5.41) is 11.0. The average molecular weight is 454 g/mol. The highest BCUT2D eigenvalue weighted by molar-refractivity contribution is 5.68. The molecule has 8 nitrogen and oxygen atoms in total. The van der Waals surface area contributed by atoms with Gasteiger partial charge in [0.1, 0.15) is 23.9 Å². The molecule has 174 valence electrons. The smallest absolute Gasteiger partial charge is 0.407 e. The minimum Gasteiger partial charge on any atom is -0.489 e. The molecule has 0 radical (unpaired) electrons. The maximum atomic E-state index is 13.3. The van der Waals surface area contributed by atoms with E-state index in [2.05, 4.69) is 20.6 Å². The summed E-state index contributed by atoms with van der Waals surface area (Å²) < 4.78 is 26.2. The van der Waals surface area contributed by atoms with Crippen molar-refractivity contribution >= 4 is 6.09 Å². The number of hydrogen-bond acceptors (Lipinski definition) is 6. The Kier molecular flexibility index (Phi) is 7.16. The van der Waals surface area contributed by atoms with Gasteiger partial charge >= 0.3 is 6.09 Å². The fraction of sp³-hybridized carbons (Fsp3) is 0.417. The molecule has 0 aliphatic heterocycles. The number of nitrogens with zero attached hydrogens (tertiary/aromatic N) is 4. The summed E-state index contributed by atoms with van der Waals surface area (Å²) in [5.74, 6) is 0.412. The normalized spacial score (nSPS) is 14.2. The van der Waals surface area contributed by atoms with Gasteiger partial charge < -0.3 is 14.8 Å². The Labute approximate surface area is 192 Å². The molecule has 0 atom stereocenters. The lowest BCUT2D eigenvalue weighted by Crippen LogP contribution is -2.25. The number of carbonyl (C=O) groups excluding carboxylic acids is 1. The van der Waals surface area contributed by atoms with Crippen LogP contribution in [0.4, 0.5) is 9.18 Å². The first kappa shape index (κ1) is 22.7. The first-order valence-electron chi connectivity index (χ1n) is 11.2. The Hall–Kier alpha value is -3.49. The Morgan fingerprint density at radius 3 is 2.79 bits per heavy atom. The van der Waals surface area contributed by atoms with Crippen molar-refractivity contribution in [3.05, 3.63) is 59.2 Å². The summed E-state index contributed by atoms with van der Waals surface area (Å²) >= 11 is 0. The molecule has 1 aromatic carbocycles. The van der Waals surface area contributed by atoms with Gasteiger partial charge in [0.25, 0.3) is 0 Å². The lowest BCUT2D eigenvalue weighted by molar-refractivity contribution is 0.138. The van der Waals surface area contributed by atoms with Crippen molar-refractivity contribution in [3.63, 3.8) is 0 Å². The SMILES string of the molecule is Cc1nc(-c2nnn(C)c2CNC(=O)OCc2cccc(F)c2)ccc1OC1CCCCC1. The molecule has 1 saturated carbocycles. The predicted molar refractivity (Wildman–Crippen MR) is 120 cm³/mol. The van der Waals surface area contributed by atoms with E-state index in [0.717, 1.165) is 24.3 Å². The van der Waals surface area contributed by atoms with Crippen molar-refractivity contribution in [2.45, 2.75) is 58.3 Å². The highest BCUT2D eigenvalue weighted by Crippen LogP contribution is 2.28. The standard InChI is InChI=1S/C24H28FN5O3/c1-16-22(33-19-9-4-3-5-10-19)12-11-20(27-16)23-21(30(2)29-28-23)14-26-24(31)32-15-17-7-6-8-18(25)13-17/h6-8,11-13,19H,3-5,9-10,14-15H2,1-2H3,(H,26,31). The van der Waals surface area contributed by atoms with Crippen LogP contribution in [0.15, 0.2) is 36.4 Å². The summed E-state index contributed by atoms with van der Waals surface area (Å²) in [5.41, 5.74) is 3.28. The van der Waals surface area contributed by atoms with E-state index in [1.807, 2.05) is 19.1 Å². The van der Waals surface area contributed by atoms with E-state index in [9.17, 15) is 9.18 Å². The number of aryl methyl sites for hydroxylation is 2. The third-order valence-electron chi connectivity index (χ3n) is 5.73. The van der Waals surface area contributed by atoms with E-state index in [1.54, 1.807) is 23.9 Å². The number of halogens is 1. The molecule has 0 unspecified atom stereocenters. The van der Waals surface area contributed by atoms with Crippen LogP contribution in [0.5, 0.6) is 5.75 Å². The molecule has 0 saturated heterocycles. The number of ether oxygens (including phenoxy) is 2. The maximum Gasteiger partial charge on any atom is 0.407 e. The van der Waals surface area contributed by atoms with Gasteiger partial charge in [0.05, 0.1) is 29.7 Å². The molecule has 9 heteroatoms. The van der Waals surface area contributed by atoms with Crippen molar-refractivity contribution < 1.29 is 18.7 Å². The Balaban J connectivity index is 1.38. The van der Waals surface area contributed by atoms with Crippen molar-refractivity contribution in [2.24, 2.45) is 7.05 Å². The van der Waals surface area contributed by atoms with Gasteiger partial charge in [-0.15, -0.1) is 5.10 Å². The second kappa shape index (κ2) is 10.4. The molecule has 33 heavy (non-hydrogen) atoms. The van der Waals surface area contributed by atoms with E-state index in [1.165, 1.54) is 31.4 Å². The van der Waals surface area contributed by atoms with Gasteiger partial charge in [-0.3, -0.25) is 0 Å². The van der Waals surface area contributed by atoms with E-state index >= 15 is 0 Å². The van der Waals surface area contributed by atoms with Crippen LogP contribution in [0.3, 0.4) is 0 Å². The van der Waals surface area contributed by atoms with Crippen LogP contribution in [0.1, 0.15) is 49.1 Å². The van der Waals surface area contributed by atoms with Crippen LogP contribution in [0.25, 0.3) is 11.4 Å². The third-order valence-corrected chi connectivity index (χ3v) is 5.73. The van der Waals surface area contributed by atoms with E-state index in [-0.39, 0.29) is 25.1 Å². The summed E-state index contributed by atoms with van der Waals surface area (Å²) in [6.07, 6.45) is 5.47. The number of carbonyl (C=O) groups is 1. The first-order valence-corrected chi connectivity index (χ1v) is 11.2. The number of aromatic nitrogens is 4. The monoisotopic (exact) mass is 453 g/mol. The van der Waals surface area contributed by atoms with Gasteiger partial charge in [0, 0.05) is 7.05 Å². The Bertz CT molecular complexity index is 1110. The third kappa shape index (κ3) is 5.85. The molecule has 1 aliphatic carbocycles. The van der Waals surface area contributed by atoms with Gasteiger partial charge in [0.2, 0.25) is 0 Å². The summed E-state index contributed by atoms with van der Waals surface area (Å²) in [6, 6.07) is 9.71. The molecule has 1 amide bonds. The van der Waals surface area contributed by atoms with Crippen LogP contribution in [0.2, 0.25) is 0 Å². The molecule has 1 aliphatic rings. The average Bonchev–Trinajstić information content (AvgIpc) is 3.18. The fourth-order valence-corrected chi connectivity index (χ4v) is 3.92. The topological polar surface area (TPSA) is 91.2 Å². The molecule has 4 rings (SSSR count). The van der Waals surface area contributed by atoms with Crippen LogP contribution >= 0.6 is 0 Å². The number of amides is 1. The van der Waals surface area contributed by atoms with Crippen molar-refractivity contribution in [2.75, 3.05) is 0 Å². The van der Waals surface area contributed by atoms with Crippen LogP contribution < -0.4 is 10.1 Å². The number of alkyl carbamates (subject to hydrolysis) is 1. The molecule has 3 aromatic rings. The number of hydrogen-bond donors (Lipinski definition) is 1. The highest BCUT2D eigenvalue weighted by Gasteiger charge is 2.19. The van der Waals surface area contributed by atoms with E-state index < -0.39 is 6.09 Å². The molecular weight excluding hydrogens is 425 g/mol. The lowest BCUT2D eigenvalue weighted by atomic mass is 9.98. The first-order chi connectivity index (χ1) is 16.0. The number of benzene rings is 1. The van der Waals surface area contributed by atoms with Gasteiger partial charge in [-0.05, 0) is 62.4 Å². The highest BCUT2D eigenvalue weighted by atomic mass is 19.1. The van der Waals surface area contributed by atoms with Crippen LogP contribution in [0, 0.1) is 12.7 Å². The molecule has 0 bridgehead atoms. The largest absolute Gasteiger partial charge is 0.489 e. The zero-order chi connectivity index (χ0) is 23.2. The number of rotatable bonds is 7. The van der Waals surface area contributed by atoms with Crippen LogP contribution in [-0.4, -0.2) is 32.2 Å². The van der Waals surface area contributed by atoms with Gasteiger partial charge in [-0.25, -0.2) is 18.9 Å². The van der Waals surface area contributed by atoms with Crippen LogP contribution in [-0.2, 0) is 24.9 Å². The number of nitrogens with one attached hydrogen (secondary N) is 1. The molecule has 2 aromatic heterocycles. The maximum absolute atomic E-state index is 13.3. The minimum atomic E-state index is -0.619. The van der Waals surface area contributed by atoms with Crippen molar-refractivity contribution in [3.8, 4) is 17.1 Å². The van der Waals surface area contributed by atoms with Gasteiger partial charge in [0.15, 0.2) is 0 Å². The fourth-order valence-electron chi connectivity index (χ4n) is 3.92. The quantitative estimate of drug-likeness (QED) is 0.568. The second-order valence-corrected chi connectivity index (χ2v) is 8.23. The minimum absolute atomic E-state index is 0.0245. The molecule has 1 fully saturated rings. The molecular formula is C24H28FN5O3. The molecule has 2 heterocycles. The second-order valence-electron chi connectivity index (χ2n) is 8.23. The lowest BCUT2D eigenvalue weighted by Gasteiger charge is -2.23. The Morgan fingerprint density at radius 2 is 2.03 bits per heavy atom. The zero-order valence-electron chi connectivity index (χ0n) is 18.9. The summed E-state index contributed by atoms with van der Waals surface area (Å²) in [7, 11) is 1.75.